The lowest BCUT2D eigenvalue weighted by Gasteiger charge is -2.32. The summed E-state index contributed by atoms with van der Waals surface area (Å²) in [5.41, 5.74) is 5.18. The Kier molecular flexibility index (Phi) is 9.07. The second-order valence-corrected chi connectivity index (χ2v) is 9.37. The molecule has 0 saturated carbocycles. The lowest BCUT2D eigenvalue weighted by atomic mass is 10.0. The Hall–Kier alpha value is -3.60. The van der Waals surface area contributed by atoms with Gasteiger partial charge in [0.15, 0.2) is 6.61 Å². The molecule has 0 aliphatic heterocycles. The molecule has 0 aliphatic rings. The van der Waals surface area contributed by atoms with Crippen molar-refractivity contribution in [2.45, 2.75) is 59.7 Å². The van der Waals surface area contributed by atoms with Gasteiger partial charge in [0.2, 0.25) is 5.91 Å². The average Bonchev–Trinajstić information content (AvgIpc) is 2.82. The van der Waals surface area contributed by atoms with Gasteiger partial charge in [-0.2, -0.15) is 0 Å². The second kappa shape index (κ2) is 12.2. The van der Waals surface area contributed by atoms with Gasteiger partial charge >= 0.3 is 0 Å². The van der Waals surface area contributed by atoms with Crippen LogP contribution in [0.1, 0.15) is 41.7 Å². The van der Waals surface area contributed by atoms with Crippen LogP contribution in [0.25, 0.3) is 0 Å². The van der Waals surface area contributed by atoms with Gasteiger partial charge in [-0.25, -0.2) is 0 Å². The largest absolute Gasteiger partial charge is 0.483 e. The Morgan fingerprint density at radius 2 is 1.57 bits per heavy atom. The summed E-state index contributed by atoms with van der Waals surface area (Å²) in [7, 11) is 0. The fourth-order valence-corrected chi connectivity index (χ4v) is 4.09. The first kappa shape index (κ1) is 26.0. The molecule has 0 fully saturated rings. The SMILES string of the molecule is Cc1ccc(OCC(=O)N(Cc2ccccc2C)[C@@H](Cc2ccccc2)C(=O)NC(C)C)c(C)c1. The highest BCUT2D eigenvalue weighted by molar-refractivity contribution is 5.88. The average molecular weight is 473 g/mol. The van der Waals surface area contributed by atoms with Crippen molar-refractivity contribution < 1.29 is 14.3 Å². The maximum atomic E-state index is 13.7. The molecule has 5 heteroatoms. The number of hydrogen-bond donors (Lipinski definition) is 1. The van der Waals surface area contributed by atoms with Crippen molar-refractivity contribution in [3.63, 3.8) is 0 Å². The van der Waals surface area contributed by atoms with Crippen molar-refractivity contribution in [3.8, 4) is 5.75 Å². The van der Waals surface area contributed by atoms with E-state index in [1.54, 1.807) is 4.90 Å². The van der Waals surface area contributed by atoms with Crippen LogP contribution in [0.5, 0.6) is 5.75 Å². The van der Waals surface area contributed by atoms with Gasteiger partial charge in [0.05, 0.1) is 0 Å². The maximum absolute atomic E-state index is 13.7. The highest BCUT2D eigenvalue weighted by Gasteiger charge is 2.31. The Morgan fingerprint density at radius 1 is 0.886 bits per heavy atom. The fraction of sp³-hybridized carbons (Fsp3) is 0.333. The van der Waals surface area contributed by atoms with Gasteiger partial charge in [-0.1, -0.05) is 72.3 Å². The van der Waals surface area contributed by atoms with Gasteiger partial charge in [-0.3, -0.25) is 9.59 Å². The van der Waals surface area contributed by atoms with E-state index < -0.39 is 6.04 Å². The predicted octanol–water partition coefficient (Wildman–Crippen LogP) is 5.16. The summed E-state index contributed by atoms with van der Waals surface area (Å²) < 4.78 is 5.94. The zero-order chi connectivity index (χ0) is 25.4. The molecule has 184 valence electrons. The molecule has 0 aliphatic carbocycles. The van der Waals surface area contributed by atoms with Crippen LogP contribution in [0.4, 0.5) is 0 Å². The van der Waals surface area contributed by atoms with Crippen molar-refractivity contribution in [2.24, 2.45) is 0 Å². The number of nitrogens with one attached hydrogen (secondary N) is 1. The Morgan fingerprint density at radius 3 is 2.23 bits per heavy atom. The normalized spacial score (nSPS) is 11.7. The summed E-state index contributed by atoms with van der Waals surface area (Å²) in [6.07, 6.45) is 0.417. The number of hydrogen-bond acceptors (Lipinski definition) is 3. The van der Waals surface area contributed by atoms with Crippen molar-refractivity contribution in [1.82, 2.24) is 10.2 Å². The molecule has 0 saturated heterocycles. The Bertz CT molecular complexity index is 1140. The van der Waals surface area contributed by atoms with Crippen molar-refractivity contribution in [3.05, 3.63) is 101 Å². The molecule has 0 bridgehead atoms. The van der Waals surface area contributed by atoms with Crippen LogP contribution in [-0.4, -0.2) is 35.4 Å². The van der Waals surface area contributed by atoms with Gasteiger partial charge in [0.25, 0.3) is 5.91 Å². The first-order chi connectivity index (χ1) is 16.7. The predicted molar refractivity (Wildman–Crippen MR) is 140 cm³/mol. The minimum atomic E-state index is -0.672. The van der Waals surface area contributed by atoms with E-state index in [0.717, 1.165) is 27.8 Å². The Balaban J connectivity index is 1.93. The van der Waals surface area contributed by atoms with Gasteiger partial charge in [-0.05, 0) is 62.9 Å². The van der Waals surface area contributed by atoms with E-state index in [2.05, 4.69) is 5.32 Å². The number of carbonyl (C=O) groups is 2. The molecule has 35 heavy (non-hydrogen) atoms. The number of nitrogens with zero attached hydrogens (tertiary/aromatic N) is 1. The molecule has 2 amide bonds. The summed E-state index contributed by atoms with van der Waals surface area (Å²) in [6, 6.07) is 22.9. The van der Waals surface area contributed by atoms with Crippen molar-refractivity contribution in [1.29, 1.82) is 0 Å². The lowest BCUT2D eigenvalue weighted by Crippen LogP contribution is -2.53. The number of ether oxygens (including phenoxy) is 1. The van der Waals surface area contributed by atoms with E-state index in [9.17, 15) is 9.59 Å². The minimum absolute atomic E-state index is 0.0392. The summed E-state index contributed by atoms with van der Waals surface area (Å²) in [6.45, 7) is 10.0. The van der Waals surface area contributed by atoms with Gasteiger partial charge < -0.3 is 15.0 Å². The molecule has 0 aromatic heterocycles. The number of rotatable bonds is 10. The zero-order valence-corrected chi connectivity index (χ0v) is 21.4. The van der Waals surface area contributed by atoms with Crippen molar-refractivity contribution >= 4 is 11.8 Å². The third-order valence-corrected chi connectivity index (χ3v) is 5.99. The molecular formula is C30H36N2O3. The van der Waals surface area contributed by atoms with Crippen LogP contribution in [-0.2, 0) is 22.6 Å². The van der Waals surface area contributed by atoms with Crippen LogP contribution in [0.15, 0.2) is 72.8 Å². The summed E-state index contributed by atoms with van der Waals surface area (Å²) in [4.78, 5) is 28.7. The van der Waals surface area contributed by atoms with Crippen LogP contribution in [0.2, 0.25) is 0 Å². The monoisotopic (exact) mass is 472 g/mol. The second-order valence-electron chi connectivity index (χ2n) is 9.37. The minimum Gasteiger partial charge on any atom is -0.483 e. The number of amides is 2. The zero-order valence-electron chi connectivity index (χ0n) is 21.4. The van der Waals surface area contributed by atoms with Crippen LogP contribution < -0.4 is 10.1 Å². The van der Waals surface area contributed by atoms with Crippen LogP contribution in [0, 0.1) is 20.8 Å². The molecule has 1 atom stereocenters. The third kappa shape index (κ3) is 7.44. The number of benzene rings is 3. The molecule has 0 radical (unpaired) electrons. The molecule has 0 spiro atoms. The smallest absolute Gasteiger partial charge is 0.261 e. The fourth-order valence-electron chi connectivity index (χ4n) is 4.09. The lowest BCUT2D eigenvalue weighted by molar-refractivity contribution is -0.143. The first-order valence-electron chi connectivity index (χ1n) is 12.1. The standard InChI is InChI=1S/C30H36N2O3/c1-21(2)31-30(34)27(18-25-12-7-6-8-13-25)32(19-26-14-10-9-11-23(26)4)29(33)20-35-28-16-15-22(3)17-24(28)5/h6-17,21,27H,18-20H2,1-5H3,(H,31,34)/t27-/m0/s1. The van der Waals surface area contributed by atoms with E-state index in [0.29, 0.717) is 18.7 Å². The van der Waals surface area contributed by atoms with E-state index >= 15 is 0 Å². The van der Waals surface area contributed by atoms with Gasteiger partial charge in [0.1, 0.15) is 11.8 Å². The summed E-state index contributed by atoms with van der Waals surface area (Å²) in [5.74, 6) is 0.274. The molecular weight excluding hydrogens is 436 g/mol. The number of aryl methyl sites for hydroxylation is 3. The van der Waals surface area contributed by atoms with Gasteiger partial charge in [0, 0.05) is 19.0 Å². The molecule has 3 rings (SSSR count). The van der Waals surface area contributed by atoms with Crippen LogP contribution in [0.3, 0.4) is 0 Å². The Labute approximate surface area is 209 Å². The summed E-state index contributed by atoms with van der Waals surface area (Å²) in [5, 5.41) is 3.01. The molecule has 5 nitrogen and oxygen atoms in total. The van der Waals surface area contributed by atoms with Gasteiger partial charge in [-0.15, -0.1) is 0 Å². The van der Waals surface area contributed by atoms with E-state index in [4.69, 9.17) is 4.74 Å². The number of carbonyl (C=O) groups excluding carboxylic acids is 2. The highest BCUT2D eigenvalue weighted by Crippen LogP contribution is 2.21. The highest BCUT2D eigenvalue weighted by atomic mass is 16.5. The molecule has 3 aromatic rings. The van der Waals surface area contributed by atoms with E-state index in [-0.39, 0.29) is 24.5 Å². The maximum Gasteiger partial charge on any atom is 0.261 e. The van der Waals surface area contributed by atoms with E-state index in [1.807, 2.05) is 107 Å². The molecule has 1 N–H and O–H groups in total. The quantitative estimate of drug-likeness (QED) is 0.444. The first-order valence-corrected chi connectivity index (χ1v) is 12.1. The summed E-state index contributed by atoms with van der Waals surface area (Å²) >= 11 is 0. The molecule has 0 unspecified atom stereocenters. The topological polar surface area (TPSA) is 58.6 Å². The molecule has 3 aromatic carbocycles. The third-order valence-electron chi connectivity index (χ3n) is 5.99. The van der Waals surface area contributed by atoms with Crippen LogP contribution >= 0.6 is 0 Å². The van der Waals surface area contributed by atoms with E-state index in [1.165, 1.54) is 0 Å². The molecule has 0 heterocycles. The van der Waals surface area contributed by atoms with Crippen molar-refractivity contribution in [2.75, 3.05) is 6.61 Å².